The summed E-state index contributed by atoms with van der Waals surface area (Å²) in [7, 11) is 1.59. The van der Waals surface area contributed by atoms with E-state index in [0.717, 1.165) is 10.2 Å². The number of hydrogen-bond acceptors (Lipinski definition) is 7. The minimum absolute atomic E-state index is 0.0632. The number of thiazole rings is 1. The molecule has 0 aliphatic carbocycles. The van der Waals surface area contributed by atoms with E-state index in [0.29, 0.717) is 36.9 Å². The maximum Gasteiger partial charge on any atom is 0.317 e. The number of benzene rings is 1. The lowest BCUT2D eigenvalue weighted by atomic mass is 10.3. The summed E-state index contributed by atoms with van der Waals surface area (Å²) >= 11 is 1.33. The van der Waals surface area contributed by atoms with Crippen molar-refractivity contribution in [1.82, 2.24) is 4.57 Å². The normalized spacial score (nSPS) is 14.3. The van der Waals surface area contributed by atoms with E-state index in [9.17, 15) is 9.59 Å². The van der Waals surface area contributed by atoms with Crippen LogP contribution in [0.1, 0.15) is 13.3 Å². The number of methoxy groups -OCH3 is 1. The van der Waals surface area contributed by atoms with Crippen molar-refractivity contribution in [2.75, 3.05) is 26.9 Å². The number of hydrogen-bond donors (Lipinski definition) is 0. The topological polar surface area (TPSA) is 88.4 Å². The second-order valence-electron chi connectivity index (χ2n) is 5.54. The predicted octanol–water partition coefficient (Wildman–Crippen LogP) is 1.98. The molecule has 9 heteroatoms. The van der Waals surface area contributed by atoms with Crippen molar-refractivity contribution in [3.05, 3.63) is 35.0 Å². The molecule has 0 fully saturated rings. The molecule has 0 saturated carbocycles. The van der Waals surface area contributed by atoms with Gasteiger partial charge >= 0.3 is 11.9 Å². The molecule has 27 heavy (non-hydrogen) atoms. The summed E-state index contributed by atoms with van der Waals surface area (Å²) in [6, 6.07) is 5.56. The molecule has 1 amide bonds. The van der Waals surface area contributed by atoms with Crippen molar-refractivity contribution in [2.45, 2.75) is 19.9 Å². The first-order chi connectivity index (χ1) is 13.1. The Hall–Kier alpha value is -2.81. The van der Waals surface area contributed by atoms with Crippen LogP contribution in [-0.4, -0.2) is 43.4 Å². The molecule has 0 atom stereocenters. The fraction of sp³-hybridized carbons (Fsp3) is 0.389. The molecule has 0 saturated heterocycles. The first kappa shape index (κ1) is 19.0. The van der Waals surface area contributed by atoms with Crippen LogP contribution in [0.25, 0.3) is 10.2 Å². The number of carbonyl (C=O) groups excluding carboxylic acids is 2. The van der Waals surface area contributed by atoms with E-state index in [-0.39, 0.29) is 18.1 Å². The van der Waals surface area contributed by atoms with Gasteiger partial charge < -0.3 is 23.5 Å². The molecule has 144 valence electrons. The second-order valence-corrected chi connectivity index (χ2v) is 6.55. The van der Waals surface area contributed by atoms with Gasteiger partial charge in [-0.05, 0) is 25.1 Å². The number of esters is 1. The summed E-state index contributed by atoms with van der Waals surface area (Å²) in [5.41, 5.74) is 0.853. The molecule has 1 aromatic carbocycles. The number of aromatic nitrogens is 1. The summed E-state index contributed by atoms with van der Waals surface area (Å²) < 4.78 is 23.4. The molecule has 0 spiro atoms. The Labute approximate surface area is 159 Å². The molecule has 3 rings (SSSR count). The number of aryl methyl sites for hydroxylation is 1. The highest BCUT2D eigenvalue weighted by molar-refractivity contribution is 7.16. The highest BCUT2D eigenvalue weighted by Gasteiger charge is 2.16. The number of amides is 1. The molecule has 0 radical (unpaired) electrons. The first-order valence-electron chi connectivity index (χ1n) is 8.49. The van der Waals surface area contributed by atoms with Gasteiger partial charge in [0, 0.05) is 6.54 Å². The van der Waals surface area contributed by atoms with Crippen molar-refractivity contribution in [2.24, 2.45) is 4.99 Å². The summed E-state index contributed by atoms with van der Waals surface area (Å²) in [6.07, 6.45) is 1.45. The third-order valence-corrected chi connectivity index (χ3v) is 4.83. The van der Waals surface area contributed by atoms with Gasteiger partial charge in [0.2, 0.25) is 5.76 Å². The van der Waals surface area contributed by atoms with E-state index in [1.807, 2.05) is 22.8 Å². The Morgan fingerprint density at radius 1 is 1.33 bits per heavy atom. The molecule has 2 heterocycles. The molecule has 1 aliphatic rings. The van der Waals surface area contributed by atoms with Gasteiger partial charge in [0.1, 0.15) is 25.2 Å². The third kappa shape index (κ3) is 4.48. The van der Waals surface area contributed by atoms with E-state index < -0.39 is 5.91 Å². The summed E-state index contributed by atoms with van der Waals surface area (Å²) in [5, 5.41) is 0. The Kier molecular flexibility index (Phi) is 6.12. The highest BCUT2D eigenvalue weighted by Crippen LogP contribution is 2.23. The zero-order chi connectivity index (χ0) is 19.2. The largest absolute Gasteiger partial charge is 0.497 e. The van der Waals surface area contributed by atoms with Gasteiger partial charge in [-0.25, -0.2) is 0 Å². The van der Waals surface area contributed by atoms with E-state index in [4.69, 9.17) is 18.9 Å². The van der Waals surface area contributed by atoms with Gasteiger partial charge in [-0.15, -0.1) is 0 Å². The van der Waals surface area contributed by atoms with Gasteiger partial charge in [-0.1, -0.05) is 11.3 Å². The Bertz CT molecular complexity index is 943. The zero-order valence-corrected chi connectivity index (χ0v) is 15.9. The maximum absolute atomic E-state index is 12.4. The fourth-order valence-electron chi connectivity index (χ4n) is 2.54. The Morgan fingerprint density at radius 2 is 2.19 bits per heavy atom. The molecular weight excluding hydrogens is 372 g/mol. The van der Waals surface area contributed by atoms with Gasteiger partial charge in [0.15, 0.2) is 4.80 Å². The Morgan fingerprint density at radius 3 is 2.89 bits per heavy atom. The smallest absolute Gasteiger partial charge is 0.317 e. The molecule has 0 bridgehead atoms. The lowest BCUT2D eigenvalue weighted by molar-refractivity contribution is -0.143. The van der Waals surface area contributed by atoms with E-state index in [2.05, 4.69) is 4.99 Å². The van der Waals surface area contributed by atoms with Crippen molar-refractivity contribution in [3.8, 4) is 5.75 Å². The van der Waals surface area contributed by atoms with Gasteiger partial charge in [-0.3, -0.25) is 9.59 Å². The minimum Gasteiger partial charge on any atom is -0.497 e. The van der Waals surface area contributed by atoms with Crippen LogP contribution in [-0.2, 0) is 30.3 Å². The van der Waals surface area contributed by atoms with Crippen LogP contribution in [0.4, 0.5) is 0 Å². The lowest BCUT2D eigenvalue weighted by Crippen LogP contribution is -2.21. The van der Waals surface area contributed by atoms with Crippen LogP contribution in [0, 0.1) is 0 Å². The number of carbonyl (C=O) groups is 2. The third-order valence-electron chi connectivity index (χ3n) is 3.79. The summed E-state index contributed by atoms with van der Waals surface area (Å²) in [5.74, 6) is -0.0703. The van der Waals surface area contributed by atoms with Crippen LogP contribution in [0.2, 0.25) is 0 Å². The SMILES string of the molecule is CCOC(=O)CCn1c(=NC(=O)C2=COCCO2)sc2cc(OC)ccc21. The van der Waals surface area contributed by atoms with Crippen LogP contribution < -0.4 is 9.54 Å². The van der Waals surface area contributed by atoms with Crippen LogP contribution in [0.3, 0.4) is 0 Å². The monoisotopic (exact) mass is 392 g/mol. The average Bonchev–Trinajstić information content (AvgIpc) is 3.03. The maximum atomic E-state index is 12.4. The first-order valence-corrected chi connectivity index (χ1v) is 9.30. The molecule has 2 aromatic rings. The Balaban J connectivity index is 1.99. The van der Waals surface area contributed by atoms with Crippen molar-refractivity contribution < 1.29 is 28.5 Å². The van der Waals surface area contributed by atoms with Crippen LogP contribution in [0.5, 0.6) is 5.75 Å². The van der Waals surface area contributed by atoms with E-state index >= 15 is 0 Å². The standard InChI is InChI=1S/C18H20N2O6S/c1-3-25-16(21)6-7-20-13-5-4-12(23-2)10-15(13)27-18(20)19-17(22)14-11-24-8-9-26-14/h4-5,10-11H,3,6-9H2,1-2H3. The number of ether oxygens (including phenoxy) is 4. The molecule has 1 aliphatic heterocycles. The van der Waals surface area contributed by atoms with E-state index in [1.54, 1.807) is 14.0 Å². The van der Waals surface area contributed by atoms with Crippen LogP contribution in [0.15, 0.2) is 35.2 Å². The number of nitrogens with zero attached hydrogens (tertiary/aromatic N) is 2. The highest BCUT2D eigenvalue weighted by atomic mass is 32.1. The fourth-order valence-corrected chi connectivity index (χ4v) is 3.62. The lowest BCUT2D eigenvalue weighted by Gasteiger charge is -2.12. The predicted molar refractivity (Wildman–Crippen MR) is 98.2 cm³/mol. The van der Waals surface area contributed by atoms with Crippen LogP contribution >= 0.6 is 11.3 Å². The second kappa shape index (κ2) is 8.72. The van der Waals surface area contributed by atoms with Crippen molar-refractivity contribution >= 4 is 33.4 Å². The number of fused-ring (bicyclic) bond motifs is 1. The molecule has 1 aromatic heterocycles. The minimum atomic E-state index is -0.530. The van der Waals surface area contributed by atoms with Crippen molar-refractivity contribution in [1.29, 1.82) is 0 Å². The van der Waals surface area contributed by atoms with Gasteiger partial charge in [0.05, 0.1) is 30.4 Å². The zero-order valence-electron chi connectivity index (χ0n) is 15.1. The molecular formula is C18H20N2O6S. The molecule has 0 N–H and O–H groups in total. The average molecular weight is 392 g/mol. The molecule has 8 nitrogen and oxygen atoms in total. The summed E-state index contributed by atoms with van der Waals surface area (Å²) in [6.45, 7) is 3.13. The van der Waals surface area contributed by atoms with Gasteiger partial charge in [0.25, 0.3) is 0 Å². The molecule has 0 unspecified atom stereocenters. The summed E-state index contributed by atoms with van der Waals surface area (Å²) in [4.78, 5) is 28.8. The number of rotatable bonds is 6. The van der Waals surface area contributed by atoms with Crippen molar-refractivity contribution in [3.63, 3.8) is 0 Å². The van der Waals surface area contributed by atoms with Gasteiger partial charge in [-0.2, -0.15) is 4.99 Å². The quantitative estimate of drug-likeness (QED) is 0.699. The van der Waals surface area contributed by atoms with E-state index in [1.165, 1.54) is 17.6 Å².